The molecule has 33 heavy (non-hydrogen) atoms. The van der Waals surface area contributed by atoms with E-state index in [1.54, 1.807) is 42.8 Å². The highest BCUT2D eigenvalue weighted by molar-refractivity contribution is 7.91. The number of thiophene rings is 1. The predicted octanol–water partition coefficient (Wildman–Crippen LogP) is 2.48. The number of thiazole rings is 1. The minimum Gasteiger partial charge on any atom is -0.465 e. The lowest BCUT2D eigenvalue weighted by atomic mass is 10.2. The lowest BCUT2D eigenvalue weighted by Crippen LogP contribution is -2.40. The number of aromatic nitrogens is 1. The number of benzene rings is 1. The van der Waals surface area contributed by atoms with Gasteiger partial charge in [0.05, 0.1) is 29.5 Å². The summed E-state index contributed by atoms with van der Waals surface area (Å²) in [6, 6.07) is 7.50. The molecule has 12 heteroatoms. The van der Waals surface area contributed by atoms with E-state index in [1.165, 1.54) is 22.8 Å². The van der Waals surface area contributed by atoms with Gasteiger partial charge in [0.25, 0.3) is 15.9 Å². The maximum absolute atomic E-state index is 13.2. The monoisotopic (exact) mass is 509 g/mol. The molecule has 1 aliphatic heterocycles. The number of carbonyl (C=O) groups is 2. The van der Waals surface area contributed by atoms with Crippen LogP contribution in [-0.4, -0.2) is 62.6 Å². The molecule has 0 radical (unpaired) electrons. The average molecular weight is 510 g/mol. The summed E-state index contributed by atoms with van der Waals surface area (Å²) in [5.41, 5.74) is 1.19. The van der Waals surface area contributed by atoms with Crippen LogP contribution in [0.5, 0.6) is 0 Å². The molecule has 1 aliphatic rings. The third-order valence-electron chi connectivity index (χ3n) is 5.38. The topological polar surface area (TPSA) is 107 Å². The van der Waals surface area contributed by atoms with Crippen molar-refractivity contribution < 1.29 is 27.5 Å². The van der Waals surface area contributed by atoms with Crippen molar-refractivity contribution in [2.45, 2.75) is 29.6 Å². The number of carbonyl (C=O) groups excluding carboxylic acids is 2. The Morgan fingerprint density at radius 1 is 1.24 bits per heavy atom. The second kappa shape index (κ2) is 9.85. The quantitative estimate of drug-likeness (QED) is 0.453. The second-order valence-electron chi connectivity index (χ2n) is 7.36. The van der Waals surface area contributed by atoms with Crippen molar-refractivity contribution >= 4 is 54.8 Å². The summed E-state index contributed by atoms with van der Waals surface area (Å²) in [6.07, 6.45) is 1.01. The number of nitrogens with zero attached hydrogens (tertiary/aromatic N) is 3. The number of hydrogen-bond donors (Lipinski definition) is 0. The molecular formula is C21H23N3O6S3. The van der Waals surface area contributed by atoms with Gasteiger partial charge < -0.3 is 14.0 Å². The van der Waals surface area contributed by atoms with Crippen LogP contribution in [0.15, 0.2) is 44.9 Å². The zero-order valence-electron chi connectivity index (χ0n) is 18.1. The van der Waals surface area contributed by atoms with E-state index in [2.05, 4.69) is 4.99 Å². The fourth-order valence-electron chi connectivity index (χ4n) is 3.77. The first-order chi connectivity index (χ1) is 15.9. The highest BCUT2D eigenvalue weighted by Crippen LogP contribution is 2.29. The van der Waals surface area contributed by atoms with Crippen molar-refractivity contribution in [3.63, 3.8) is 0 Å². The van der Waals surface area contributed by atoms with Crippen LogP contribution < -0.4 is 4.80 Å². The summed E-state index contributed by atoms with van der Waals surface area (Å²) < 4.78 is 40.1. The van der Waals surface area contributed by atoms with Gasteiger partial charge in [-0.2, -0.15) is 9.30 Å². The molecule has 176 valence electrons. The number of rotatable bonds is 7. The van der Waals surface area contributed by atoms with Gasteiger partial charge in [-0.05, 0) is 42.5 Å². The Bertz CT molecular complexity index is 1340. The lowest BCUT2D eigenvalue weighted by molar-refractivity contribution is -0.121. The minimum atomic E-state index is -3.75. The largest absolute Gasteiger partial charge is 0.465 e. The van der Waals surface area contributed by atoms with Gasteiger partial charge in [0.15, 0.2) is 4.80 Å². The molecule has 1 amide bonds. The third kappa shape index (κ3) is 4.66. The number of ether oxygens (including phenoxy) is 2. The lowest BCUT2D eigenvalue weighted by Gasteiger charge is -2.20. The fraction of sp³-hybridized carbons (Fsp3) is 0.381. The molecule has 0 aliphatic carbocycles. The molecule has 0 spiro atoms. The zero-order chi connectivity index (χ0) is 23.6. The first-order valence-corrected chi connectivity index (χ1v) is 13.3. The Morgan fingerprint density at radius 3 is 2.76 bits per heavy atom. The van der Waals surface area contributed by atoms with E-state index in [0.717, 1.165) is 21.6 Å². The standard InChI is InChI=1S/C21H23N3O6S3/c1-29-11-10-23-15-8-7-14(20(26)30-2)13-17(15)32-21(23)22-19(25)16-5-3-9-24(16)33(27,28)18-6-4-12-31-18/h4,6-8,12-13,16H,3,5,9-11H2,1-2H3. The number of methoxy groups -OCH3 is 2. The highest BCUT2D eigenvalue weighted by Gasteiger charge is 2.40. The van der Waals surface area contributed by atoms with E-state index < -0.39 is 27.9 Å². The second-order valence-corrected chi connectivity index (χ2v) is 11.4. The van der Waals surface area contributed by atoms with Gasteiger partial charge >= 0.3 is 5.97 Å². The predicted molar refractivity (Wildman–Crippen MR) is 125 cm³/mol. The SMILES string of the molecule is COCCn1c(=NC(=O)C2CCCN2S(=O)(=O)c2cccs2)sc2cc(C(=O)OC)ccc21. The molecule has 1 saturated heterocycles. The van der Waals surface area contributed by atoms with Crippen LogP contribution in [0, 0.1) is 0 Å². The van der Waals surface area contributed by atoms with Gasteiger partial charge in [0.2, 0.25) is 0 Å². The van der Waals surface area contributed by atoms with Gasteiger partial charge in [-0.1, -0.05) is 17.4 Å². The first-order valence-electron chi connectivity index (χ1n) is 10.2. The molecule has 3 heterocycles. The molecule has 1 fully saturated rings. The number of amides is 1. The van der Waals surface area contributed by atoms with Crippen LogP contribution >= 0.6 is 22.7 Å². The number of sulfonamides is 1. The maximum Gasteiger partial charge on any atom is 0.337 e. The first kappa shape index (κ1) is 23.8. The van der Waals surface area contributed by atoms with Crippen molar-refractivity contribution in [3.8, 4) is 0 Å². The van der Waals surface area contributed by atoms with Crippen LogP contribution in [0.1, 0.15) is 23.2 Å². The fourth-order valence-corrected chi connectivity index (χ4v) is 7.64. The third-order valence-corrected chi connectivity index (χ3v) is 9.70. The Balaban J connectivity index is 1.73. The van der Waals surface area contributed by atoms with E-state index in [-0.39, 0.29) is 10.8 Å². The number of fused-ring (bicyclic) bond motifs is 1. The molecule has 0 N–H and O–H groups in total. The van der Waals surface area contributed by atoms with Gasteiger partial charge in [-0.15, -0.1) is 11.3 Å². The number of esters is 1. The smallest absolute Gasteiger partial charge is 0.337 e. The Labute approximate surface area is 198 Å². The molecule has 0 bridgehead atoms. The number of hydrogen-bond acceptors (Lipinski definition) is 8. The van der Waals surface area contributed by atoms with Crippen LogP contribution in [0.25, 0.3) is 10.2 Å². The Kier molecular flexibility index (Phi) is 7.10. The van der Waals surface area contributed by atoms with Gasteiger partial charge in [-0.3, -0.25) is 4.79 Å². The van der Waals surface area contributed by atoms with Crippen LogP contribution in [-0.2, 0) is 30.8 Å². The van der Waals surface area contributed by atoms with Gasteiger partial charge in [0, 0.05) is 20.2 Å². The molecule has 3 aromatic rings. The molecule has 0 saturated carbocycles. The molecule has 1 aromatic carbocycles. The molecule has 1 unspecified atom stereocenters. The van der Waals surface area contributed by atoms with E-state index in [9.17, 15) is 18.0 Å². The van der Waals surface area contributed by atoms with Crippen molar-refractivity contribution in [2.24, 2.45) is 4.99 Å². The van der Waals surface area contributed by atoms with Crippen LogP contribution in [0.4, 0.5) is 0 Å². The Morgan fingerprint density at radius 2 is 2.06 bits per heavy atom. The summed E-state index contributed by atoms with van der Waals surface area (Å²) in [5, 5.41) is 1.70. The maximum atomic E-state index is 13.2. The highest BCUT2D eigenvalue weighted by atomic mass is 32.2. The van der Waals surface area contributed by atoms with Gasteiger partial charge in [-0.25, -0.2) is 13.2 Å². The minimum absolute atomic E-state index is 0.217. The summed E-state index contributed by atoms with van der Waals surface area (Å²) in [7, 11) is -0.855. The van der Waals surface area contributed by atoms with Crippen LogP contribution in [0.3, 0.4) is 0 Å². The average Bonchev–Trinajstić information content (AvgIpc) is 3.57. The Hall–Kier alpha value is -2.38. The van der Waals surface area contributed by atoms with Gasteiger partial charge in [0.1, 0.15) is 10.3 Å². The van der Waals surface area contributed by atoms with E-state index >= 15 is 0 Å². The summed E-state index contributed by atoms with van der Waals surface area (Å²) in [4.78, 5) is 29.9. The summed E-state index contributed by atoms with van der Waals surface area (Å²) in [5.74, 6) is -0.956. The molecule has 9 nitrogen and oxygen atoms in total. The molecule has 2 aromatic heterocycles. The van der Waals surface area contributed by atoms with E-state index in [4.69, 9.17) is 9.47 Å². The van der Waals surface area contributed by atoms with Crippen LogP contribution in [0.2, 0.25) is 0 Å². The summed E-state index contributed by atoms with van der Waals surface area (Å²) >= 11 is 2.39. The van der Waals surface area contributed by atoms with E-state index in [0.29, 0.717) is 36.4 Å². The normalized spacial score (nSPS) is 17.6. The molecular weight excluding hydrogens is 486 g/mol. The zero-order valence-corrected chi connectivity index (χ0v) is 20.5. The molecule has 1 atom stereocenters. The molecule has 4 rings (SSSR count). The summed E-state index contributed by atoms with van der Waals surface area (Å²) in [6.45, 7) is 1.13. The van der Waals surface area contributed by atoms with Crippen molar-refractivity contribution in [3.05, 3.63) is 46.1 Å². The van der Waals surface area contributed by atoms with Crippen molar-refractivity contribution in [1.29, 1.82) is 0 Å². The van der Waals surface area contributed by atoms with E-state index in [1.807, 2.05) is 4.57 Å². The van der Waals surface area contributed by atoms with Crippen molar-refractivity contribution in [1.82, 2.24) is 8.87 Å². The van der Waals surface area contributed by atoms with Crippen molar-refractivity contribution in [2.75, 3.05) is 27.4 Å².